The molecule has 2 rings (SSSR count). The molecule has 0 bridgehead atoms. The lowest BCUT2D eigenvalue weighted by Crippen LogP contribution is -2.35. The molecule has 23 heavy (non-hydrogen) atoms. The van der Waals surface area contributed by atoms with E-state index in [1.807, 2.05) is 0 Å². The van der Waals surface area contributed by atoms with Gasteiger partial charge in [-0.05, 0) is 36.7 Å². The third-order valence-corrected chi connectivity index (χ3v) is 4.52. The summed E-state index contributed by atoms with van der Waals surface area (Å²) >= 11 is 0. The van der Waals surface area contributed by atoms with Crippen LogP contribution in [0.25, 0.3) is 0 Å². The van der Waals surface area contributed by atoms with Crippen LogP contribution in [-0.2, 0) is 4.74 Å². The summed E-state index contributed by atoms with van der Waals surface area (Å²) in [6.07, 6.45) is 3.45. The molecule has 0 spiro atoms. The van der Waals surface area contributed by atoms with Crippen molar-refractivity contribution in [3.8, 4) is 5.75 Å². The second-order valence-corrected chi connectivity index (χ2v) is 7.39. The van der Waals surface area contributed by atoms with Crippen molar-refractivity contribution in [3.05, 3.63) is 17.7 Å². The fourth-order valence-electron chi connectivity index (χ4n) is 3.84. The Kier molecular flexibility index (Phi) is 5.07. The van der Waals surface area contributed by atoms with E-state index in [-0.39, 0.29) is 0 Å². The molecular weight excluding hydrogens is 292 g/mol. The molecule has 1 saturated carbocycles. The number of nitrogens with two attached hydrogens (primary N) is 1. The van der Waals surface area contributed by atoms with Crippen LogP contribution < -0.4 is 15.8 Å². The van der Waals surface area contributed by atoms with Crippen molar-refractivity contribution in [3.63, 3.8) is 0 Å². The molecule has 0 radical (unpaired) electrons. The van der Waals surface area contributed by atoms with Gasteiger partial charge < -0.3 is 20.5 Å². The van der Waals surface area contributed by atoms with Crippen molar-refractivity contribution in [2.24, 2.45) is 11.3 Å². The zero-order valence-electron chi connectivity index (χ0n) is 14.7. The maximum absolute atomic E-state index is 11.8. The van der Waals surface area contributed by atoms with Gasteiger partial charge in [0.05, 0.1) is 25.6 Å². The van der Waals surface area contributed by atoms with Crippen molar-refractivity contribution in [1.82, 2.24) is 0 Å². The highest BCUT2D eigenvalue weighted by Gasteiger charge is 2.32. The molecule has 0 aliphatic heterocycles. The summed E-state index contributed by atoms with van der Waals surface area (Å²) in [6, 6.07) is 3.77. The summed E-state index contributed by atoms with van der Waals surface area (Å²) in [7, 11) is 2.88. The minimum atomic E-state index is -0.451. The fourth-order valence-corrected chi connectivity index (χ4v) is 3.84. The van der Waals surface area contributed by atoms with Crippen molar-refractivity contribution < 1.29 is 14.3 Å². The first-order valence-electron chi connectivity index (χ1n) is 8.08. The maximum atomic E-state index is 11.8. The zero-order chi connectivity index (χ0) is 17.2. The average molecular weight is 320 g/mol. The second-order valence-electron chi connectivity index (χ2n) is 7.39. The molecule has 0 amide bonds. The number of hydrogen-bond donors (Lipinski definition) is 2. The highest BCUT2D eigenvalue weighted by molar-refractivity contribution is 5.95. The van der Waals surface area contributed by atoms with Crippen LogP contribution in [0.4, 0.5) is 11.4 Å². The molecule has 1 fully saturated rings. The van der Waals surface area contributed by atoms with E-state index in [0.717, 1.165) is 18.5 Å². The first-order valence-corrected chi connectivity index (χ1v) is 8.08. The van der Waals surface area contributed by atoms with Crippen LogP contribution in [0.15, 0.2) is 12.1 Å². The molecule has 3 N–H and O–H groups in total. The number of benzene rings is 1. The zero-order valence-corrected chi connectivity index (χ0v) is 14.7. The van der Waals surface area contributed by atoms with E-state index in [1.165, 1.54) is 20.6 Å². The number of carbonyl (C=O) groups excluding carboxylic acids is 1. The number of hydrogen-bond acceptors (Lipinski definition) is 5. The molecular formula is C18H28N2O3. The third-order valence-electron chi connectivity index (χ3n) is 4.52. The molecule has 5 heteroatoms. The Balaban J connectivity index is 2.25. The predicted octanol–water partition coefficient (Wildman–Crippen LogP) is 3.69. The number of nitrogens with one attached hydrogen (secondary N) is 1. The minimum Gasteiger partial charge on any atom is -0.496 e. The van der Waals surface area contributed by atoms with Crippen LogP contribution in [0, 0.1) is 11.3 Å². The number of ether oxygens (including phenoxy) is 2. The van der Waals surface area contributed by atoms with Crippen molar-refractivity contribution in [2.75, 3.05) is 25.3 Å². The predicted molar refractivity (Wildman–Crippen MR) is 93.0 cm³/mol. The largest absolute Gasteiger partial charge is 0.496 e. The Morgan fingerprint density at radius 3 is 2.57 bits per heavy atom. The Morgan fingerprint density at radius 2 is 2.00 bits per heavy atom. The monoisotopic (exact) mass is 320 g/mol. The van der Waals surface area contributed by atoms with Gasteiger partial charge in [-0.25, -0.2) is 4.79 Å². The van der Waals surface area contributed by atoms with Gasteiger partial charge in [0.2, 0.25) is 0 Å². The van der Waals surface area contributed by atoms with E-state index in [0.29, 0.717) is 34.4 Å². The number of esters is 1. The Morgan fingerprint density at radius 1 is 1.30 bits per heavy atom. The fraction of sp³-hybridized carbons (Fsp3) is 0.611. The molecule has 0 unspecified atom stereocenters. The first kappa shape index (κ1) is 17.4. The van der Waals surface area contributed by atoms with Crippen LogP contribution in [0.5, 0.6) is 5.75 Å². The normalized spacial score (nSPS) is 23.2. The summed E-state index contributed by atoms with van der Waals surface area (Å²) < 4.78 is 10.1. The van der Waals surface area contributed by atoms with Crippen LogP contribution >= 0.6 is 0 Å². The van der Waals surface area contributed by atoms with Gasteiger partial charge in [-0.15, -0.1) is 0 Å². The topological polar surface area (TPSA) is 73.6 Å². The van der Waals surface area contributed by atoms with Gasteiger partial charge in [0.1, 0.15) is 11.3 Å². The molecule has 0 heterocycles. The molecule has 0 saturated heterocycles. The van der Waals surface area contributed by atoms with E-state index in [2.05, 4.69) is 26.1 Å². The number of anilines is 2. The SMILES string of the molecule is COC(=O)c1cc(N)c(N[C@@H]2C[C@H](C)CC(C)(C)C2)cc1OC. The van der Waals surface area contributed by atoms with Crippen molar-refractivity contribution in [2.45, 2.75) is 46.1 Å². The van der Waals surface area contributed by atoms with E-state index in [9.17, 15) is 4.79 Å². The van der Waals surface area contributed by atoms with Crippen molar-refractivity contribution in [1.29, 1.82) is 0 Å². The van der Waals surface area contributed by atoms with Crippen LogP contribution in [0.2, 0.25) is 0 Å². The molecule has 1 aliphatic carbocycles. The average Bonchev–Trinajstić information content (AvgIpc) is 2.46. The quantitative estimate of drug-likeness (QED) is 0.654. The molecule has 1 aromatic rings. The smallest absolute Gasteiger partial charge is 0.341 e. The van der Waals surface area contributed by atoms with E-state index >= 15 is 0 Å². The highest BCUT2D eigenvalue weighted by Crippen LogP contribution is 2.40. The number of nitrogen functional groups attached to an aromatic ring is 1. The summed E-state index contributed by atoms with van der Waals surface area (Å²) in [5.74, 6) is 0.693. The Bertz CT molecular complexity index is 584. The minimum absolute atomic E-state index is 0.320. The lowest BCUT2D eigenvalue weighted by atomic mass is 9.70. The summed E-state index contributed by atoms with van der Waals surface area (Å²) in [4.78, 5) is 11.8. The molecule has 0 aromatic heterocycles. The van der Waals surface area contributed by atoms with Gasteiger partial charge in [0.15, 0.2) is 0 Å². The van der Waals surface area contributed by atoms with E-state index in [1.54, 1.807) is 12.1 Å². The van der Waals surface area contributed by atoms with Crippen molar-refractivity contribution >= 4 is 17.3 Å². The number of rotatable bonds is 4. The molecule has 1 aromatic carbocycles. The van der Waals surface area contributed by atoms with Crippen LogP contribution in [0.3, 0.4) is 0 Å². The summed E-state index contributed by atoms with van der Waals surface area (Å²) in [5.41, 5.74) is 8.13. The Hall–Kier alpha value is -1.91. The third kappa shape index (κ3) is 4.09. The van der Waals surface area contributed by atoms with Gasteiger partial charge in [-0.3, -0.25) is 0 Å². The van der Waals surface area contributed by atoms with Gasteiger partial charge in [-0.2, -0.15) is 0 Å². The lowest BCUT2D eigenvalue weighted by molar-refractivity contribution is 0.0597. The summed E-state index contributed by atoms with van der Waals surface area (Å²) in [5, 5.41) is 3.54. The molecule has 2 atom stereocenters. The van der Waals surface area contributed by atoms with Gasteiger partial charge in [0.25, 0.3) is 0 Å². The molecule has 1 aliphatic rings. The maximum Gasteiger partial charge on any atom is 0.341 e. The number of carbonyl (C=O) groups is 1. The Labute approximate surface area is 138 Å². The van der Waals surface area contributed by atoms with Gasteiger partial charge in [0, 0.05) is 12.1 Å². The number of methoxy groups -OCH3 is 2. The summed E-state index contributed by atoms with van der Waals surface area (Å²) in [6.45, 7) is 6.91. The molecule has 128 valence electrons. The lowest BCUT2D eigenvalue weighted by Gasteiger charge is -2.39. The molecule has 5 nitrogen and oxygen atoms in total. The second kappa shape index (κ2) is 6.69. The first-order chi connectivity index (χ1) is 10.8. The standard InChI is InChI=1S/C18H28N2O3/c1-11-6-12(10-18(2,3)9-11)20-15-8-16(22-4)13(7-14(15)19)17(21)23-5/h7-8,11-12,20H,6,9-10,19H2,1-5H3/t11-,12+/m0/s1. The van der Waals surface area contributed by atoms with Crippen LogP contribution in [0.1, 0.15) is 50.4 Å². The van der Waals surface area contributed by atoms with Crippen LogP contribution in [-0.4, -0.2) is 26.2 Å². The van der Waals surface area contributed by atoms with E-state index in [4.69, 9.17) is 15.2 Å². The van der Waals surface area contributed by atoms with Gasteiger partial charge in [-0.1, -0.05) is 20.8 Å². The van der Waals surface area contributed by atoms with E-state index < -0.39 is 5.97 Å². The van der Waals surface area contributed by atoms with Gasteiger partial charge >= 0.3 is 5.97 Å². The highest BCUT2D eigenvalue weighted by atomic mass is 16.5.